The summed E-state index contributed by atoms with van der Waals surface area (Å²) >= 11 is 3.18. The molecule has 44 valence electrons. The third-order valence-corrected chi connectivity index (χ3v) is 1.20. The van der Waals surface area contributed by atoms with E-state index in [1.54, 1.807) is 0 Å². The number of hydrogen-bond acceptors (Lipinski definition) is 2. The van der Waals surface area contributed by atoms with Gasteiger partial charge in [-0.25, -0.2) is 0 Å². The molecule has 7 heavy (non-hydrogen) atoms. The average molecular weight is 168 g/mol. The molecule has 0 bridgehead atoms. The van der Waals surface area contributed by atoms with Crippen molar-refractivity contribution in [3.63, 3.8) is 0 Å². The van der Waals surface area contributed by atoms with Crippen LogP contribution in [0.15, 0.2) is 0 Å². The fourth-order valence-corrected chi connectivity index (χ4v) is 0.610. The minimum Gasteiger partial charge on any atom is -0.394 e. The minimum absolute atomic E-state index is 0.0671. The molecule has 0 saturated carbocycles. The highest BCUT2D eigenvalue weighted by atomic mass is 79.9. The second kappa shape index (κ2) is 4.56. The molecule has 0 radical (unpaired) electrons. The van der Waals surface area contributed by atoms with Crippen molar-refractivity contribution >= 4 is 15.9 Å². The van der Waals surface area contributed by atoms with Gasteiger partial charge in [-0.15, -0.1) is 0 Å². The van der Waals surface area contributed by atoms with E-state index in [1.807, 2.05) is 6.92 Å². The molecule has 0 aliphatic carbocycles. The average Bonchev–Trinajstić information content (AvgIpc) is 1.68. The number of halogens is 1. The third-order valence-electron chi connectivity index (χ3n) is 0.586. The molecule has 0 aromatic rings. The van der Waals surface area contributed by atoms with Crippen LogP contribution in [0.1, 0.15) is 6.92 Å². The molecule has 0 amide bonds. The Kier molecular flexibility index (Phi) is 4.82. The van der Waals surface area contributed by atoms with E-state index in [0.29, 0.717) is 0 Å². The van der Waals surface area contributed by atoms with Gasteiger partial charge in [-0.05, 0) is 6.54 Å². The van der Waals surface area contributed by atoms with E-state index >= 15 is 0 Å². The van der Waals surface area contributed by atoms with Crippen LogP contribution in [0.3, 0.4) is 0 Å². The lowest BCUT2D eigenvalue weighted by molar-refractivity contribution is 0.284. The van der Waals surface area contributed by atoms with E-state index in [1.165, 1.54) is 0 Å². The number of hydrogen-bond donors (Lipinski definition) is 2. The molecule has 0 rings (SSSR count). The van der Waals surface area contributed by atoms with Crippen molar-refractivity contribution in [1.82, 2.24) is 5.32 Å². The molecule has 3 heteroatoms. The van der Waals surface area contributed by atoms with Gasteiger partial charge in [-0.1, -0.05) is 22.9 Å². The molecule has 2 nitrogen and oxygen atoms in total. The maximum Gasteiger partial charge on any atom is 0.0864 e. The molecular formula is C4H10BrNO. The zero-order valence-corrected chi connectivity index (χ0v) is 5.90. The monoisotopic (exact) mass is 167 g/mol. The second-order valence-electron chi connectivity index (χ2n) is 1.21. The molecule has 0 aliphatic rings. The van der Waals surface area contributed by atoms with E-state index < -0.39 is 0 Å². The van der Waals surface area contributed by atoms with Crippen LogP contribution in [0.4, 0.5) is 0 Å². The molecule has 0 aromatic carbocycles. The van der Waals surface area contributed by atoms with Gasteiger partial charge in [-0.2, -0.15) is 0 Å². The van der Waals surface area contributed by atoms with Crippen LogP contribution >= 0.6 is 15.9 Å². The Morgan fingerprint density at radius 2 is 2.43 bits per heavy atom. The van der Waals surface area contributed by atoms with E-state index in [2.05, 4.69) is 21.2 Å². The summed E-state index contributed by atoms with van der Waals surface area (Å²) in [6.07, 6.45) is 0. The van der Waals surface area contributed by atoms with Gasteiger partial charge in [0.1, 0.15) is 0 Å². The van der Waals surface area contributed by atoms with Gasteiger partial charge in [0.2, 0.25) is 0 Å². The molecule has 0 aromatic heterocycles. The molecule has 1 unspecified atom stereocenters. The maximum absolute atomic E-state index is 8.36. The predicted molar refractivity (Wildman–Crippen MR) is 33.5 cm³/mol. The Balaban J connectivity index is 2.83. The molecule has 0 saturated heterocycles. The lowest BCUT2D eigenvalue weighted by Crippen LogP contribution is -2.25. The Morgan fingerprint density at radius 1 is 1.86 bits per heavy atom. The number of aliphatic hydroxyl groups is 1. The molecule has 0 heterocycles. The number of aliphatic hydroxyl groups excluding tert-OH is 1. The number of rotatable bonds is 3. The van der Waals surface area contributed by atoms with Crippen molar-refractivity contribution in [1.29, 1.82) is 0 Å². The smallest absolute Gasteiger partial charge is 0.0864 e. The number of alkyl halides is 1. The maximum atomic E-state index is 8.36. The summed E-state index contributed by atoms with van der Waals surface area (Å²) in [5.74, 6) is 0. The summed E-state index contributed by atoms with van der Waals surface area (Å²) in [6, 6.07) is 0. The summed E-state index contributed by atoms with van der Waals surface area (Å²) in [5, 5.41) is 11.3. The van der Waals surface area contributed by atoms with Crippen LogP contribution in [-0.2, 0) is 0 Å². The highest BCUT2D eigenvalue weighted by molar-refractivity contribution is 9.09. The highest BCUT2D eigenvalue weighted by Crippen LogP contribution is 1.89. The van der Waals surface area contributed by atoms with Gasteiger partial charge < -0.3 is 10.4 Å². The lowest BCUT2D eigenvalue weighted by Gasteiger charge is -2.03. The Bertz CT molecular complexity index is 42.7. The van der Waals surface area contributed by atoms with Crippen molar-refractivity contribution in [2.75, 3.05) is 13.2 Å². The minimum atomic E-state index is 0.0671. The van der Waals surface area contributed by atoms with E-state index in [9.17, 15) is 0 Å². The summed E-state index contributed by atoms with van der Waals surface area (Å²) in [6.45, 7) is 3.02. The molecule has 0 aliphatic heterocycles. The van der Waals surface area contributed by atoms with Crippen LogP contribution < -0.4 is 5.32 Å². The first-order valence-electron chi connectivity index (χ1n) is 2.29. The van der Waals surface area contributed by atoms with Crippen molar-refractivity contribution in [2.24, 2.45) is 0 Å². The Hall–Kier alpha value is 0.400. The second-order valence-corrected chi connectivity index (χ2v) is 2.31. The lowest BCUT2D eigenvalue weighted by atomic mass is 10.6. The molecular weight excluding hydrogens is 158 g/mol. The van der Waals surface area contributed by atoms with Crippen LogP contribution in [0.25, 0.3) is 0 Å². The summed E-state index contributed by atoms with van der Waals surface area (Å²) in [5.41, 5.74) is 0. The van der Waals surface area contributed by atoms with Gasteiger partial charge in [0.05, 0.1) is 11.6 Å². The summed E-state index contributed by atoms with van der Waals surface area (Å²) in [7, 11) is 0. The molecule has 1 atom stereocenters. The molecule has 0 spiro atoms. The number of nitrogens with one attached hydrogen (secondary N) is 1. The quantitative estimate of drug-likeness (QED) is 0.469. The van der Waals surface area contributed by atoms with Gasteiger partial charge in [-0.3, -0.25) is 0 Å². The van der Waals surface area contributed by atoms with Gasteiger partial charge in [0, 0.05) is 0 Å². The first kappa shape index (κ1) is 7.40. The van der Waals surface area contributed by atoms with Gasteiger partial charge in [0.25, 0.3) is 0 Å². The zero-order chi connectivity index (χ0) is 5.70. The SMILES string of the molecule is CCNC(Br)CO. The van der Waals surface area contributed by atoms with Crippen molar-refractivity contribution in [3.8, 4) is 0 Å². The summed E-state index contributed by atoms with van der Waals surface area (Å²) < 4.78 is 0. The standard InChI is InChI=1S/C4H10BrNO/c1-2-6-4(5)3-7/h4,6-7H,2-3H2,1H3. The largest absolute Gasteiger partial charge is 0.394 e. The predicted octanol–water partition coefficient (Wildman–Crippen LogP) is 0.309. The van der Waals surface area contributed by atoms with E-state index in [0.717, 1.165) is 6.54 Å². The summed E-state index contributed by atoms with van der Waals surface area (Å²) in [4.78, 5) is 0.0671. The molecule has 2 N–H and O–H groups in total. The van der Waals surface area contributed by atoms with Crippen molar-refractivity contribution < 1.29 is 5.11 Å². The fourth-order valence-electron chi connectivity index (χ4n) is 0.286. The van der Waals surface area contributed by atoms with Gasteiger partial charge >= 0.3 is 0 Å². The van der Waals surface area contributed by atoms with Crippen molar-refractivity contribution in [2.45, 2.75) is 11.9 Å². The van der Waals surface area contributed by atoms with Crippen LogP contribution in [-0.4, -0.2) is 23.2 Å². The number of likely N-dealkylation sites (N-methyl/N-ethyl adjacent to an activating group) is 1. The van der Waals surface area contributed by atoms with E-state index in [-0.39, 0.29) is 11.6 Å². The Morgan fingerprint density at radius 3 is 2.57 bits per heavy atom. The van der Waals surface area contributed by atoms with Crippen LogP contribution in [0.5, 0.6) is 0 Å². The van der Waals surface area contributed by atoms with Crippen molar-refractivity contribution in [3.05, 3.63) is 0 Å². The normalized spacial score (nSPS) is 14.1. The van der Waals surface area contributed by atoms with Crippen LogP contribution in [0, 0.1) is 0 Å². The van der Waals surface area contributed by atoms with Gasteiger partial charge in [0.15, 0.2) is 0 Å². The fraction of sp³-hybridized carbons (Fsp3) is 1.00. The first-order valence-corrected chi connectivity index (χ1v) is 3.21. The topological polar surface area (TPSA) is 32.3 Å². The highest BCUT2D eigenvalue weighted by Gasteiger charge is 1.94. The Labute approximate surface area is 52.0 Å². The molecule has 0 fully saturated rings. The third kappa shape index (κ3) is 4.25. The zero-order valence-electron chi connectivity index (χ0n) is 4.32. The van der Waals surface area contributed by atoms with E-state index in [4.69, 9.17) is 5.11 Å². The first-order chi connectivity index (χ1) is 3.31. The van der Waals surface area contributed by atoms with Crippen LogP contribution in [0.2, 0.25) is 0 Å².